The second-order valence-corrected chi connectivity index (χ2v) is 4.73. The van der Waals surface area contributed by atoms with Gasteiger partial charge in [0, 0.05) is 11.1 Å². The zero-order valence-electron chi connectivity index (χ0n) is 10.1. The van der Waals surface area contributed by atoms with Gasteiger partial charge >= 0.3 is 0 Å². The van der Waals surface area contributed by atoms with Gasteiger partial charge in [-0.3, -0.25) is 4.79 Å². The van der Waals surface area contributed by atoms with E-state index in [1.807, 2.05) is 0 Å². The first-order valence-electron chi connectivity index (χ1n) is 5.46. The first-order chi connectivity index (χ1) is 9.02. The Labute approximate surface area is 120 Å². The second-order valence-electron chi connectivity index (χ2n) is 3.91. The fourth-order valence-corrected chi connectivity index (χ4v) is 2.03. The van der Waals surface area contributed by atoms with Crippen molar-refractivity contribution in [1.29, 1.82) is 0 Å². The van der Waals surface area contributed by atoms with Gasteiger partial charge in [0.25, 0.3) is 0 Å². The molecule has 0 amide bonds. The van der Waals surface area contributed by atoms with Gasteiger partial charge in [-0.15, -0.1) is 0 Å². The quantitative estimate of drug-likeness (QED) is 0.692. The van der Waals surface area contributed by atoms with Gasteiger partial charge in [0.05, 0.1) is 22.8 Å². The fourth-order valence-electron chi connectivity index (χ4n) is 1.66. The molecule has 0 unspecified atom stereocenters. The van der Waals surface area contributed by atoms with Crippen LogP contribution in [0.1, 0.15) is 15.9 Å². The summed E-state index contributed by atoms with van der Waals surface area (Å²) in [5.41, 5.74) is 6.98. The summed E-state index contributed by atoms with van der Waals surface area (Å²) >= 11 is 11.8. The summed E-state index contributed by atoms with van der Waals surface area (Å²) in [5.74, 6) is 0.349. The van der Waals surface area contributed by atoms with Gasteiger partial charge in [-0.05, 0) is 36.4 Å². The first-order valence-corrected chi connectivity index (χ1v) is 6.22. The van der Waals surface area contributed by atoms with Crippen LogP contribution in [0, 0.1) is 0 Å². The molecular weight excluding hydrogens is 285 g/mol. The maximum absolute atomic E-state index is 12.3. The van der Waals surface area contributed by atoms with Gasteiger partial charge in [-0.25, -0.2) is 0 Å². The summed E-state index contributed by atoms with van der Waals surface area (Å²) < 4.78 is 5.04. The van der Waals surface area contributed by atoms with E-state index in [0.29, 0.717) is 32.6 Å². The molecule has 0 bridgehead atoms. The highest BCUT2D eigenvalue weighted by atomic mass is 35.5. The number of hydrogen-bond acceptors (Lipinski definition) is 3. The Hall–Kier alpha value is -1.71. The summed E-state index contributed by atoms with van der Waals surface area (Å²) in [6.45, 7) is 0. The van der Waals surface area contributed by atoms with Crippen molar-refractivity contribution < 1.29 is 9.53 Å². The predicted molar refractivity (Wildman–Crippen MR) is 77.3 cm³/mol. The molecule has 0 aliphatic heterocycles. The molecule has 0 aliphatic carbocycles. The molecule has 98 valence electrons. The summed E-state index contributed by atoms with van der Waals surface area (Å²) in [7, 11) is 1.52. The number of halogens is 2. The average molecular weight is 296 g/mol. The Morgan fingerprint density at radius 2 is 1.68 bits per heavy atom. The van der Waals surface area contributed by atoms with Crippen LogP contribution in [0.5, 0.6) is 5.75 Å². The normalized spacial score (nSPS) is 10.3. The molecule has 2 N–H and O–H groups in total. The van der Waals surface area contributed by atoms with Gasteiger partial charge in [0.1, 0.15) is 5.75 Å². The number of carbonyl (C=O) groups is 1. The topological polar surface area (TPSA) is 52.3 Å². The number of anilines is 1. The highest BCUT2D eigenvalue weighted by Crippen LogP contribution is 2.27. The number of ketones is 1. The van der Waals surface area contributed by atoms with Crippen LogP contribution < -0.4 is 10.5 Å². The van der Waals surface area contributed by atoms with Crippen molar-refractivity contribution in [2.24, 2.45) is 0 Å². The maximum Gasteiger partial charge on any atom is 0.193 e. The zero-order chi connectivity index (χ0) is 14.0. The molecule has 0 radical (unpaired) electrons. The van der Waals surface area contributed by atoms with E-state index in [0.717, 1.165) is 0 Å². The SMILES string of the molecule is COc1ccc(C(=O)c2ccc(Cl)c(N)c2)cc1Cl. The third-order valence-electron chi connectivity index (χ3n) is 2.67. The third-order valence-corrected chi connectivity index (χ3v) is 3.31. The molecule has 19 heavy (non-hydrogen) atoms. The highest BCUT2D eigenvalue weighted by Gasteiger charge is 2.12. The predicted octanol–water partition coefficient (Wildman–Crippen LogP) is 3.82. The molecule has 0 aliphatic rings. The molecule has 2 aromatic rings. The van der Waals surface area contributed by atoms with Crippen LogP contribution in [-0.2, 0) is 0 Å². The lowest BCUT2D eigenvalue weighted by Gasteiger charge is -2.06. The number of rotatable bonds is 3. The smallest absolute Gasteiger partial charge is 0.193 e. The van der Waals surface area contributed by atoms with E-state index >= 15 is 0 Å². The number of hydrogen-bond donors (Lipinski definition) is 1. The van der Waals surface area contributed by atoms with E-state index in [4.69, 9.17) is 33.7 Å². The molecule has 0 saturated carbocycles. The molecule has 0 aromatic heterocycles. The van der Waals surface area contributed by atoms with Crippen LogP contribution >= 0.6 is 23.2 Å². The molecule has 0 fully saturated rings. The number of ether oxygens (including phenoxy) is 1. The number of nitrogens with two attached hydrogens (primary N) is 1. The van der Waals surface area contributed by atoms with Crippen LogP contribution in [0.3, 0.4) is 0 Å². The summed E-state index contributed by atoms with van der Waals surface area (Å²) in [4.78, 5) is 12.3. The van der Waals surface area contributed by atoms with Gasteiger partial charge in [-0.1, -0.05) is 23.2 Å². The Morgan fingerprint density at radius 1 is 1.05 bits per heavy atom. The molecule has 3 nitrogen and oxygen atoms in total. The lowest BCUT2D eigenvalue weighted by molar-refractivity contribution is 0.103. The number of carbonyl (C=O) groups excluding carboxylic acids is 1. The second kappa shape index (κ2) is 5.51. The largest absolute Gasteiger partial charge is 0.495 e. The lowest BCUT2D eigenvalue weighted by atomic mass is 10.0. The minimum atomic E-state index is -0.173. The summed E-state index contributed by atoms with van der Waals surface area (Å²) in [6, 6.07) is 9.62. The standard InChI is InChI=1S/C14H11Cl2NO2/c1-19-13-5-3-8(6-11(13)16)14(18)9-2-4-10(15)12(17)7-9/h2-7H,17H2,1H3. The highest BCUT2D eigenvalue weighted by molar-refractivity contribution is 6.33. The summed E-state index contributed by atoms with van der Waals surface area (Å²) in [5, 5.41) is 0.805. The van der Waals surface area contributed by atoms with Crippen LogP contribution in [0.2, 0.25) is 10.0 Å². The monoisotopic (exact) mass is 295 g/mol. The molecule has 0 heterocycles. The van der Waals surface area contributed by atoms with E-state index in [1.54, 1.807) is 36.4 Å². The zero-order valence-corrected chi connectivity index (χ0v) is 11.6. The van der Waals surface area contributed by atoms with Gasteiger partial charge in [-0.2, -0.15) is 0 Å². The summed E-state index contributed by atoms with van der Waals surface area (Å²) in [6.07, 6.45) is 0. The van der Waals surface area contributed by atoms with E-state index < -0.39 is 0 Å². The van der Waals surface area contributed by atoms with E-state index in [2.05, 4.69) is 0 Å². The average Bonchev–Trinajstić information content (AvgIpc) is 2.41. The molecular formula is C14H11Cl2NO2. The maximum atomic E-state index is 12.3. The minimum Gasteiger partial charge on any atom is -0.495 e. The molecule has 2 rings (SSSR count). The Balaban J connectivity index is 2.38. The van der Waals surface area contributed by atoms with Gasteiger partial charge in [0.2, 0.25) is 0 Å². The van der Waals surface area contributed by atoms with Crippen LogP contribution in [-0.4, -0.2) is 12.9 Å². The Kier molecular flexibility index (Phi) is 3.98. The Bertz CT molecular complexity index is 641. The molecule has 5 heteroatoms. The van der Waals surface area contributed by atoms with Crippen molar-refractivity contribution in [3.8, 4) is 5.75 Å². The molecule has 0 atom stereocenters. The third kappa shape index (κ3) is 2.83. The number of nitrogen functional groups attached to an aromatic ring is 1. The van der Waals surface area contributed by atoms with E-state index in [-0.39, 0.29) is 5.78 Å². The van der Waals surface area contributed by atoms with Crippen molar-refractivity contribution >= 4 is 34.7 Å². The lowest BCUT2D eigenvalue weighted by Crippen LogP contribution is -2.02. The minimum absolute atomic E-state index is 0.173. The van der Waals surface area contributed by atoms with Crippen molar-refractivity contribution in [1.82, 2.24) is 0 Å². The van der Waals surface area contributed by atoms with Crippen LogP contribution in [0.25, 0.3) is 0 Å². The Morgan fingerprint density at radius 3 is 2.26 bits per heavy atom. The molecule has 2 aromatic carbocycles. The molecule has 0 spiro atoms. The first kappa shape index (κ1) is 13.7. The van der Waals surface area contributed by atoms with Crippen molar-refractivity contribution in [3.05, 3.63) is 57.6 Å². The van der Waals surface area contributed by atoms with Crippen molar-refractivity contribution in [2.75, 3.05) is 12.8 Å². The van der Waals surface area contributed by atoms with E-state index in [9.17, 15) is 4.79 Å². The van der Waals surface area contributed by atoms with Crippen molar-refractivity contribution in [2.45, 2.75) is 0 Å². The van der Waals surface area contributed by atoms with Crippen molar-refractivity contribution in [3.63, 3.8) is 0 Å². The fraction of sp³-hybridized carbons (Fsp3) is 0.0714. The molecule has 0 saturated heterocycles. The number of methoxy groups -OCH3 is 1. The van der Waals surface area contributed by atoms with Gasteiger partial charge < -0.3 is 10.5 Å². The number of benzene rings is 2. The van der Waals surface area contributed by atoms with Crippen LogP contribution in [0.4, 0.5) is 5.69 Å². The van der Waals surface area contributed by atoms with Crippen LogP contribution in [0.15, 0.2) is 36.4 Å². The van der Waals surface area contributed by atoms with Gasteiger partial charge in [0.15, 0.2) is 5.78 Å². The van der Waals surface area contributed by atoms with E-state index in [1.165, 1.54) is 7.11 Å².